The van der Waals surface area contributed by atoms with E-state index in [9.17, 15) is 27.9 Å². The Bertz CT molecular complexity index is 1500. The number of hydrogen-bond acceptors (Lipinski definition) is 6. The minimum Gasteiger partial charge on any atom is -0.485 e. The van der Waals surface area contributed by atoms with E-state index in [0.717, 1.165) is 42.5 Å². The standard InChI is InChI=1S/C33H30F3NO6/c1-41-32(40)27(37-31(39)30(38)25-13-15-26(16-14-25)33(34,35)36)18-24-12-17-28(42-20-22-8-4-2-5-9-22)29(19-24)43-21-23-10-6-3-7-11-23/h2-17,19,27,30,38H,18,20-21H2,1H3,(H,37,39)/t27-,30-/m0/s1. The van der Waals surface area contributed by atoms with Crippen molar-refractivity contribution in [3.63, 3.8) is 0 Å². The minimum atomic E-state index is -4.56. The van der Waals surface area contributed by atoms with Gasteiger partial charge in [-0.3, -0.25) is 4.79 Å². The second-order valence-corrected chi connectivity index (χ2v) is 9.64. The van der Waals surface area contributed by atoms with Crippen LogP contribution in [0.2, 0.25) is 0 Å². The first-order valence-corrected chi connectivity index (χ1v) is 13.3. The number of esters is 1. The van der Waals surface area contributed by atoms with E-state index in [0.29, 0.717) is 23.7 Å². The van der Waals surface area contributed by atoms with Crippen molar-refractivity contribution in [3.8, 4) is 11.5 Å². The smallest absolute Gasteiger partial charge is 0.416 e. The molecule has 0 spiro atoms. The average molecular weight is 594 g/mol. The first-order valence-electron chi connectivity index (χ1n) is 13.3. The van der Waals surface area contributed by atoms with E-state index in [-0.39, 0.29) is 18.6 Å². The van der Waals surface area contributed by atoms with E-state index in [1.165, 1.54) is 0 Å². The third-order valence-electron chi connectivity index (χ3n) is 6.53. The number of alkyl halides is 3. The molecule has 43 heavy (non-hydrogen) atoms. The third-order valence-corrected chi connectivity index (χ3v) is 6.53. The number of benzene rings is 4. The molecule has 0 unspecified atom stereocenters. The van der Waals surface area contributed by atoms with Crippen molar-refractivity contribution in [3.05, 3.63) is 131 Å². The largest absolute Gasteiger partial charge is 0.485 e. The summed E-state index contributed by atoms with van der Waals surface area (Å²) < 4.78 is 55.6. The number of aliphatic hydroxyl groups excluding tert-OH is 1. The van der Waals surface area contributed by atoms with Crippen LogP contribution in [0.3, 0.4) is 0 Å². The Morgan fingerprint density at radius 2 is 1.33 bits per heavy atom. The van der Waals surface area contributed by atoms with Crippen LogP contribution < -0.4 is 14.8 Å². The number of carbonyl (C=O) groups is 2. The molecule has 224 valence electrons. The van der Waals surface area contributed by atoms with Gasteiger partial charge in [0.2, 0.25) is 0 Å². The van der Waals surface area contributed by atoms with E-state index < -0.39 is 35.8 Å². The second kappa shape index (κ2) is 14.4. The fraction of sp³-hybridized carbons (Fsp3) is 0.212. The van der Waals surface area contributed by atoms with Gasteiger partial charge in [-0.25, -0.2) is 4.79 Å². The minimum absolute atomic E-state index is 0.0290. The molecule has 0 saturated heterocycles. The van der Waals surface area contributed by atoms with Crippen LogP contribution in [0, 0.1) is 0 Å². The van der Waals surface area contributed by atoms with E-state index in [4.69, 9.17) is 14.2 Å². The lowest BCUT2D eigenvalue weighted by Gasteiger charge is -2.20. The molecule has 1 amide bonds. The van der Waals surface area contributed by atoms with Crippen molar-refractivity contribution in [1.29, 1.82) is 0 Å². The highest BCUT2D eigenvalue weighted by molar-refractivity contribution is 5.87. The molecule has 0 radical (unpaired) electrons. The van der Waals surface area contributed by atoms with Crippen LogP contribution in [0.15, 0.2) is 103 Å². The molecule has 0 aliphatic heterocycles. The predicted molar refractivity (Wildman–Crippen MR) is 152 cm³/mol. The fourth-order valence-corrected chi connectivity index (χ4v) is 4.21. The molecule has 4 rings (SSSR count). The molecule has 0 bridgehead atoms. The Balaban J connectivity index is 1.51. The molecule has 7 nitrogen and oxygen atoms in total. The lowest BCUT2D eigenvalue weighted by atomic mass is 10.0. The topological polar surface area (TPSA) is 94.1 Å². The van der Waals surface area contributed by atoms with Crippen LogP contribution in [0.25, 0.3) is 0 Å². The van der Waals surface area contributed by atoms with Gasteiger partial charge in [-0.1, -0.05) is 78.9 Å². The molecule has 4 aromatic carbocycles. The van der Waals surface area contributed by atoms with Crippen LogP contribution in [0.4, 0.5) is 13.2 Å². The molecule has 2 N–H and O–H groups in total. The van der Waals surface area contributed by atoms with Gasteiger partial charge in [0.05, 0.1) is 12.7 Å². The molecule has 0 aliphatic carbocycles. The van der Waals surface area contributed by atoms with Gasteiger partial charge in [0.1, 0.15) is 19.3 Å². The summed E-state index contributed by atoms with van der Waals surface area (Å²) in [5.41, 5.74) is 1.50. The number of methoxy groups -OCH3 is 1. The van der Waals surface area contributed by atoms with Crippen LogP contribution in [0.5, 0.6) is 11.5 Å². The normalized spacial score (nSPS) is 12.6. The molecule has 0 aliphatic rings. The molecule has 0 heterocycles. The zero-order chi connectivity index (χ0) is 30.8. The molecular formula is C33H30F3NO6. The number of aliphatic hydroxyl groups is 1. The van der Waals surface area contributed by atoms with E-state index in [1.807, 2.05) is 60.7 Å². The molecule has 0 fully saturated rings. The Labute approximate surface area is 246 Å². The van der Waals surface area contributed by atoms with Crippen LogP contribution >= 0.6 is 0 Å². The van der Waals surface area contributed by atoms with Crippen molar-refractivity contribution in [2.24, 2.45) is 0 Å². The highest BCUT2D eigenvalue weighted by atomic mass is 19.4. The summed E-state index contributed by atoms with van der Waals surface area (Å²) >= 11 is 0. The lowest BCUT2D eigenvalue weighted by Crippen LogP contribution is -2.45. The average Bonchev–Trinajstić information content (AvgIpc) is 3.02. The first-order chi connectivity index (χ1) is 20.6. The van der Waals surface area contributed by atoms with Crippen LogP contribution in [0.1, 0.15) is 33.9 Å². The molecule has 10 heteroatoms. The zero-order valence-electron chi connectivity index (χ0n) is 23.2. The predicted octanol–water partition coefficient (Wildman–Crippen LogP) is 5.80. The number of halogens is 3. The number of amides is 1. The summed E-state index contributed by atoms with van der Waals surface area (Å²) in [7, 11) is 1.16. The van der Waals surface area contributed by atoms with E-state index in [2.05, 4.69) is 5.32 Å². The lowest BCUT2D eigenvalue weighted by molar-refractivity contribution is -0.146. The Morgan fingerprint density at radius 3 is 1.86 bits per heavy atom. The fourth-order valence-electron chi connectivity index (χ4n) is 4.21. The summed E-state index contributed by atoms with van der Waals surface area (Å²) in [5.74, 6) is -0.861. The summed E-state index contributed by atoms with van der Waals surface area (Å²) in [4.78, 5) is 25.4. The quantitative estimate of drug-likeness (QED) is 0.202. The summed E-state index contributed by atoms with van der Waals surface area (Å²) in [6.45, 7) is 0.549. The third kappa shape index (κ3) is 8.83. The SMILES string of the molecule is COC(=O)[C@H](Cc1ccc(OCc2ccccc2)c(OCc2ccccc2)c1)NC(=O)[C@@H](O)c1ccc(C(F)(F)F)cc1. The summed E-state index contributed by atoms with van der Waals surface area (Å²) in [6.07, 6.45) is -6.40. The molecule has 2 atom stereocenters. The first kappa shape index (κ1) is 31.1. The van der Waals surface area contributed by atoms with Crippen molar-refractivity contribution < 1.29 is 42.1 Å². The molecule has 0 saturated carbocycles. The Kier molecular flexibility index (Phi) is 10.4. The number of nitrogens with one attached hydrogen (secondary N) is 1. The highest BCUT2D eigenvalue weighted by Crippen LogP contribution is 2.32. The molecule has 0 aromatic heterocycles. The maximum absolute atomic E-state index is 12.9. The number of rotatable bonds is 12. The van der Waals surface area contributed by atoms with Gasteiger partial charge in [-0.15, -0.1) is 0 Å². The van der Waals surface area contributed by atoms with Crippen molar-refractivity contribution in [2.45, 2.75) is 38.0 Å². The van der Waals surface area contributed by atoms with Crippen LogP contribution in [-0.4, -0.2) is 30.1 Å². The van der Waals surface area contributed by atoms with Crippen LogP contribution in [-0.2, 0) is 40.1 Å². The summed E-state index contributed by atoms with van der Waals surface area (Å²) in [6, 6.07) is 26.5. The second-order valence-electron chi connectivity index (χ2n) is 9.64. The van der Waals surface area contributed by atoms with E-state index >= 15 is 0 Å². The Hall–Kier alpha value is -4.83. The molecule has 4 aromatic rings. The van der Waals surface area contributed by atoms with Gasteiger partial charge in [0.15, 0.2) is 17.6 Å². The maximum atomic E-state index is 12.9. The van der Waals surface area contributed by atoms with Gasteiger partial charge in [0.25, 0.3) is 5.91 Å². The van der Waals surface area contributed by atoms with Gasteiger partial charge in [0, 0.05) is 6.42 Å². The van der Waals surface area contributed by atoms with Crippen molar-refractivity contribution >= 4 is 11.9 Å². The number of carbonyl (C=O) groups excluding carboxylic acids is 2. The molecular weight excluding hydrogens is 563 g/mol. The monoisotopic (exact) mass is 593 g/mol. The van der Waals surface area contributed by atoms with Gasteiger partial charge < -0.3 is 24.6 Å². The van der Waals surface area contributed by atoms with Crippen molar-refractivity contribution in [1.82, 2.24) is 5.32 Å². The van der Waals surface area contributed by atoms with Gasteiger partial charge in [-0.05, 0) is 46.5 Å². The van der Waals surface area contributed by atoms with E-state index in [1.54, 1.807) is 18.2 Å². The summed E-state index contributed by atoms with van der Waals surface area (Å²) in [5, 5.41) is 12.9. The number of ether oxygens (including phenoxy) is 3. The maximum Gasteiger partial charge on any atom is 0.416 e. The highest BCUT2D eigenvalue weighted by Gasteiger charge is 2.31. The number of hydrogen-bond donors (Lipinski definition) is 2. The van der Waals surface area contributed by atoms with Gasteiger partial charge in [-0.2, -0.15) is 13.2 Å². The van der Waals surface area contributed by atoms with Gasteiger partial charge >= 0.3 is 12.1 Å². The Morgan fingerprint density at radius 1 is 0.767 bits per heavy atom. The zero-order valence-corrected chi connectivity index (χ0v) is 23.2. The van der Waals surface area contributed by atoms with Crippen molar-refractivity contribution in [2.75, 3.05) is 7.11 Å².